The van der Waals surface area contributed by atoms with Crippen molar-refractivity contribution in [1.82, 2.24) is 20.5 Å². The van der Waals surface area contributed by atoms with E-state index in [1.54, 1.807) is 18.1 Å². The molecule has 0 atom stereocenters. The fraction of sp³-hybridized carbons (Fsp3) is 0.448. The molecule has 0 radical (unpaired) electrons. The van der Waals surface area contributed by atoms with Gasteiger partial charge in [-0.2, -0.15) is 5.26 Å². The van der Waals surface area contributed by atoms with E-state index < -0.39 is 0 Å². The molecule has 1 aromatic carbocycles. The molecule has 1 saturated heterocycles. The van der Waals surface area contributed by atoms with Gasteiger partial charge in [-0.15, -0.1) is 0 Å². The molecule has 3 N–H and O–H groups in total. The number of benzene rings is 1. The lowest BCUT2D eigenvalue weighted by Gasteiger charge is -2.38. The SMILES string of the molecule is CNC(=O)N1CCC(NC2CCOCC2)=C(C(=N)N2CCCc3cc(-c4cnccc4C)c(C#N)cc32)C1. The normalized spacial score (nSPS) is 18.0. The van der Waals surface area contributed by atoms with Crippen molar-refractivity contribution in [2.75, 3.05) is 44.8 Å². The Bertz CT molecular complexity index is 1310. The minimum Gasteiger partial charge on any atom is -0.385 e. The van der Waals surface area contributed by atoms with Crippen molar-refractivity contribution in [2.45, 2.75) is 45.1 Å². The summed E-state index contributed by atoms with van der Waals surface area (Å²) in [6, 6.07) is 8.53. The summed E-state index contributed by atoms with van der Waals surface area (Å²) in [5, 5.41) is 25.9. The molecule has 0 unspecified atom stereocenters. The first-order valence-electron chi connectivity index (χ1n) is 13.4. The Kier molecular flexibility index (Phi) is 7.61. The average molecular weight is 514 g/mol. The van der Waals surface area contributed by atoms with Crippen molar-refractivity contribution in [2.24, 2.45) is 0 Å². The monoisotopic (exact) mass is 513 g/mol. The zero-order chi connectivity index (χ0) is 26.6. The summed E-state index contributed by atoms with van der Waals surface area (Å²) in [5.74, 6) is 0.392. The molecule has 0 spiro atoms. The summed E-state index contributed by atoms with van der Waals surface area (Å²) < 4.78 is 5.53. The zero-order valence-corrected chi connectivity index (χ0v) is 22.1. The molecule has 5 rings (SSSR count). The fourth-order valence-corrected chi connectivity index (χ4v) is 5.65. The molecule has 0 aliphatic carbocycles. The van der Waals surface area contributed by atoms with Crippen LogP contribution in [-0.2, 0) is 11.2 Å². The van der Waals surface area contributed by atoms with Gasteiger partial charge in [0.2, 0.25) is 0 Å². The average Bonchev–Trinajstić information content (AvgIpc) is 2.96. The quantitative estimate of drug-likeness (QED) is 0.424. The second-order valence-corrected chi connectivity index (χ2v) is 10.1. The van der Waals surface area contributed by atoms with Gasteiger partial charge in [0, 0.05) is 86.3 Å². The van der Waals surface area contributed by atoms with Gasteiger partial charge in [-0.25, -0.2) is 4.79 Å². The number of amides is 2. The predicted molar refractivity (Wildman–Crippen MR) is 147 cm³/mol. The van der Waals surface area contributed by atoms with Gasteiger partial charge in [-0.05, 0) is 61.9 Å². The number of aromatic nitrogens is 1. The molecule has 38 heavy (non-hydrogen) atoms. The third-order valence-electron chi connectivity index (χ3n) is 7.79. The van der Waals surface area contributed by atoms with Crippen LogP contribution >= 0.6 is 0 Å². The third-order valence-corrected chi connectivity index (χ3v) is 7.79. The number of fused-ring (bicyclic) bond motifs is 1. The molecule has 3 aliphatic heterocycles. The number of nitriles is 1. The third kappa shape index (κ3) is 5.09. The van der Waals surface area contributed by atoms with E-state index in [4.69, 9.17) is 4.74 Å². The van der Waals surface area contributed by atoms with E-state index in [1.165, 1.54) is 0 Å². The second-order valence-electron chi connectivity index (χ2n) is 10.1. The molecular formula is C29H35N7O2. The number of carbonyl (C=O) groups is 1. The zero-order valence-electron chi connectivity index (χ0n) is 22.1. The number of carbonyl (C=O) groups excluding carboxylic acids is 1. The van der Waals surface area contributed by atoms with Crippen LogP contribution in [0.25, 0.3) is 11.1 Å². The van der Waals surface area contributed by atoms with E-state index in [0.29, 0.717) is 43.5 Å². The lowest BCUT2D eigenvalue weighted by molar-refractivity contribution is 0.0798. The van der Waals surface area contributed by atoms with E-state index in [-0.39, 0.29) is 6.03 Å². The summed E-state index contributed by atoms with van der Waals surface area (Å²) >= 11 is 0. The smallest absolute Gasteiger partial charge is 0.317 e. The summed E-state index contributed by atoms with van der Waals surface area (Å²) in [4.78, 5) is 20.6. The summed E-state index contributed by atoms with van der Waals surface area (Å²) in [6.07, 6.45) is 7.89. The highest BCUT2D eigenvalue weighted by atomic mass is 16.5. The lowest BCUT2D eigenvalue weighted by Crippen LogP contribution is -2.48. The first-order valence-corrected chi connectivity index (χ1v) is 13.4. The highest BCUT2D eigenvalue weighted by molar-refractivity contribution is 6.09. The van der Waals surface area contributed by atoms with Crippen LogP contribution in [0.2, 0.25) is 0 Å². The maximum atomic E-state index is 12.5. The van der Waals surface area contributed by atoms with Crippen molar-refractivity contribution in [3.8, 4) is 17.2 Å². The topological polar surface area (TPSA) is 117 Å². The number of amidine groups is 1. The van der Waals surface area contributed by atoms with E-state index in [0.717, 1.165) is 78.1 Å². The van der Waals surface area contributed by atoms with Crippen LogP contribution in [0.15, 0.2) is 41.9 Å². The number of nitrogens with zero attached hydrogens (tertiary/aromatic N) is 4. The Morgan fingerprint density at radius 2 is 2.03 bits per heavy atom. The molecule has 1 fully saturated rings. The van der Waals surface area contributed by atoms with Gasteiger partial charge in [0.05, 0.1) is 18.2 Å². The van der Waals surface area contributed by atoms with Gasteiger partial charge in [0.1, 0.15) is 5.84 Å². The predicted octanol–water partition coefficient (Wildman–Crippen LogP) is 3.73. The van der Waals surface area contributed by atoms with E-state index >= 15 is 0 Å². The van der Waals surface area contributed by atoms with Crippen molar-refractivity contribution in [3.63, 3.8) is 0 Å². The molecule has 9 heteroatoms. The van der Waals surface area contributed by atoms with E-state index in [1.807, 2.05) is 30.2 Å². The van der Waals surface area contributed by atoms with Crippen LogP contribution in [0, 0.1) is 23.7 Å². The number of rotatable bonds is 4. The Balaban J connectivity index is 1.51. The minimum absolute atomic E-state index is 0.136. The summed E-state index contributed by atoms with van der Waals surface area (Å²) in [7, 11) is 1.64. The maximum Gasteiger partial charge on any atom is 0.317 e. The molecule has 1 aromatic heterocycles. The molecular weight excluding hydrogens is 478 g/mol. The minimum atomic E-state index is -0.136. The second kappa shape index (κ2) is 11.2. The number of hydrogen-bond acceptors (Lipinski definition) is 6. The highest BCUT2D eigenvalue weighted by Crippen LogP contribution is 2.36. The molecule has 2 amide bonds. The molecule has 0 saturated carbocycles. The van der Waals surface area contributed by atoms with Gasteiger partial charge in [-0.1, -0.05) is 0 Å². The van der Waals surface area contributed by atoms with Gasteiger partial charge >= 0.3 is 6.03 Å². The Morgan fingerprint density at radius 1 is 1.21 bits per heavy atom. The molecule has 3 aliphatic rings. The number of nitrogens with one attached hydrogen (secondary N) is 3. The molecule has 0 bridgehead atoms. The van der Waals surface area contributed by atoms with Crippen molar-refractivity contribution < 1.29 is 9.53 Å². The van der Waals surface area contributed by atoms with Gasteiger partial charge < -0.3 is 25.2 Å². The van der Waals surface area contributed by atoms with Gasteiger partial charge in [0.15, 0.2) is 0 Å². The summed E-state index contributed by atoms with van der Waals surface area (Å²) in [6.45, 7) is 5.16. The largest absolute Gasteiger partial charge is 0.385 e. The van der Waals surface area contributed by atoms with Gasteiger partial charge in [0.25, 0.3) is 0 Å². The number of pyridine rings is 1. The number of anilines is 1. The van der Waals surface area contributed by atoms with Crippen molar-refractivity contribution in [3.05, 3.63) is 58.6 Å². The summed E-state index contributed by atoms with van der Waals surface area (Å²) in [5.41, 5.74) is 7.39. The van der Waals surface area contributed by atoms with E-state index in [9.17, 15) is 15.5 Å². The fourth-order valence-electron chi connectivity index (χ4n) is 5.65. The molecule has 9 nitrogen and oxygen atoms in total. The van der Waals surface area contributed by atoms with Crippen molar-refractivity contribution >= 4 is 17.6 Å². The number of aryl methyl sites for hydroxylation is 2. The number of hydrogen-bond donors (Lipinski definition) is 3. The van der Waals surface area contributed by atoms with Crippen LogP contribution in [0.5, 0.6) is 0 Å². The highest BCUT2D eigenvalue weighted by Gasteiger charge is 2.31. The Labute approximate surface area is 224 Å². The van der Waals surface area contributed by atoms with Crippen molar-refractivity contribution in [1.29, 1.82) is 10.7 Å². The van der Waals surface area contributed by atoms with E-state index in [2.05, 4.69) is 27.8 Å². The standard InChI is InChI=1S/C29H35N7O2/c1-19-5-9-33-17-24(19)23-14-20-4-3-10-36(27(20)15-21(23)16-30)28(31)25-18-35(29(37)32-2)11-6-26(25)34-22-7-12-38-13-8-22/h5,9,14-15,17,22,31,34H,3-4,6-8,10-13,18H2,1-2H3,(H,32,37). The Hall–Kier alpha value is -3.90. The van der Waals surface area contributed by atoms with Crippen LogP contribution in [-0.4, -0.2) is 67.7 Å². The molecule has 2 aromatic rings. The van der Waals surface area contributed by atoms with Crippen LogP contribution in [0.1, 0.15) is 42.4 Å². The molecule has 198 valence electrons. The van der Waals surface area contributed by atoms with Crippen LogP contribution < -0.4 is 15.5 Å². The number of ether oxygens (including phenoxy) is 1. The lowest BCUT2D eigenvalue weighted by atomic mass is 9.91. The first kappa shape index (κ1) is 25.7. The van der Waals surface area contributed by atoms with Gasteiger partial charge in [-0.3, -0.25) is 10.4 Å². The molecule has 4 heterocycles. The maximum absolute atomic E-state index is 12.5. The Morgan fingerprint density at radius 3 is 2.76 bits per heavy atom. The first-order chi connectivity index (χ1) is 18.5. The van der Waals surface area contributed by atoms with Crippen LogP contribution in [0.4, 0.5) is 10.5 Å². The number of urea groups is 1. The van der Waals surface area contributed by atoms with Crippen LogP contribution in [0.3, 0.4) is 0 Å².